The van der Waals surface area contributed by atoms with Gasteiger partial charge in [0, 0.05) is 38.7 Å². The van der Waals surface area contributed by atoms with Crippen LogP contribution in [0.1, 0.15) is 43.6 Å². The summed E-state index contributed by atoms with van der Waals surface area (Å²) < 4.78 is 5.28. The number of nitrogens with zero attached hydrogens (tertiary/aromatic N) is 4. The SMILES string of the molecule is Cc1cc(CN2CCN(CN3C(=O)CC4(CCCC4)C3=O)CC2)on1. The van der Waals surface area contributed by atoms with E-state index < -0.39 is 0 Å². The number of rotatable bonds is 4. The molecule has 1 aliphatic carbocycles. The van der Waals surface area contributed by atoms with Crippen LogP contribution in [0.3, 0.4) is 0 Å². The number of carbonyl (C=O) groups is 2. The average Bonchev–Trinajstić information content (AvgIpc) is 3.28. The third-order valence-electron chi connectivity index (χ3n) is 5.91. The molecule has 3 heterocycles. The van der Waals surface area contributed by atoms with E-state index in [2.05, 4.69) is 15.0 Å². The van der Waals surface area contributed by atoms with Crippen LogP contribution in [0.2, 0.25) is 0 Å². The first-order valence-electron chi connectivity index (χ1n) is 9.27. The summed E-state index contributed by atoms with van der Waals surface area (Å²) in [5.41, 5.74) is 0.545. The molecule has 1 aromatic heterocycles. The lowest BCUT2D eigenvalue weighted by molar-refractivity contribution is -0.144. The number of carbonyl (C=O) groups excluding carboxylic acids is 2. The number of imide groups is 1. The van der Waals surface area contributed by atoms with E-state index in [1.54, 1.807) is 0 Å². The first-order valence-corrected chi connectivity index (χ1v) is 9.27. The summed E-state index contributed by atoms with van der Waals surface area (Å²) in [7, 11) is 0. The molecule has 0 aromatic carbocycles. The van der Waals surface area contributed by atoms with Gasteiger partial charge in [0.1, 0.15) is 0 Å². The molecule has 4 rings (SSSR count). The van der Waals surface area contributed by atoms with Crippen LogP contribution in [-0.4, -0.2) is 64.5 Å². The highest BCUT2D eigenvalue weighted by Gasteiger charge is 2.52. The minimum Gasteiger partial charge on any atom is -0.360 e. The molecule has 2 aliphatic heterocycles. The molecular weight excluding hydrogens is 320 g/mol. The molecule has 0 bridgehead atoms. The zero-order chi connectivity index (χ0) is 17.4. The standard InChI is InChI=1S/C18H26N4O3/c1-14-10-15(25-19-14)12-20-6-8-21(9-7-20)13-22-16(23)11-18(17(22)24)4-2-3-5-18/h10H,2-9,11-13H2,1H3. The number of hydrogen-bond acceptors (Lipinski definition) is 6. The van der Waals surface area contributed by atoms with Crippen molar-refractivity contribution in [3.05, 3.63) is 17.5 Å². The Bertz CT molecular complexity index is 657. The summed E-state index contributed by atoms with van der Waals surface area (Å²) in [6.07, 6.45) is 4.35. The quantitative estimate of drug-likeness (QED) is 0.767. The fourth-order valence-electron chi connectivity index (χ4n) is 4.45. The van der Waals surface area contributed by atoms with Gasteiger partial charge < -0.3 is 4.52 Å². The number of amides is 2. The van der Waals surface area contributed by atoms with Crippen LogP contribution in [0.15, 0.2) is 10.6 Å². The third-order valence-corrected chi connectivity index (χ3v) is 5.91. The summed E-state index contributed by atoms with van der Waals surface area (Å²) in [4.78, 5) is 31.2. The maximum Gasteiger partial charge on any atom is 0.237 e. The topological polar surface area (TPSA) is 69.9 Å². The van der Waals surface area contributed by atoms with Crippen molar-refractivity contribution in [1.82, 2.24) is 19.9 Å². The van der Waals surface area contributed by atoms with E-state index in [0.29, 0.717) is 13.1 Å². The Labute approximate surface area is 147 Å². The van der Waals surface area contributed by atoms with Crippen LogP contribution in [0.5, 0.6) is 0 Å². The highest BCUT2D eigenvalue weighted by Crippen LogP contribution is 2.46. The van der Waals surface area contributed by atoms with Crippen LogP contribution >= 0.6 is 0 Å². The molecule has 7 nitrogen and oxygen atoms in total. The van der Waals surface area contributed by atoms with Crippen molar-refractivity contribution >= 4 is 11.8 Å². The zero-order valence-corrected chi connectivity index (χ0v) is 14.9. The molecule has 1 spiro atoms. The number of aromatic nitrogens is 1. The Morgan fingerprint density at radius 1 is 1.12 bits per heavy atom. The molecule has 3 aliphatic rings. The van der Waals surface area contributed by atoms with Gasteiger partial charge in [-0.2, -0.15) is 0 Å². The number of piperazine rings is 1. The molecule has 3 fully saturated rings. The Morgan fingerprint density at radius 2 is 1.80 bits per heavy atom. The van der Waals surface area contributed by atoms with Gasteiger partial charge in [-0.1, -0.05) is 18.0 Å². The summed E-state index contributed by atoms with van der Waals surface area (Å²) in [5.74, 6) is 0.986. The monoisotopic (exact) mass is 346 g/mol. The van der Waals surface area contributed by atoms with E-state index in [0.717, 1.165) is 69.9 Å². The lowest BCUT2D eigenvalue weighted by Crippen LogP contribution is -2.51. The maximum absolute atomic E-state index is 12.8. The van der Waals surface area contributed by atoms with Crippen molar-refractivity contribution < 1.29 is 14.1 Å². The Kier molecular flexibility index (Phi) is 4.37. The van der Waals surface area contributed by atoms with Crippen LogP contribution in [0.4, 0.5) is 0 Å². The van der Waals surface area contributed by atoms with Gasteiger partial charge in [0.15, 0.2) is 5.76 Å². The van der Waals surface area contributed by atoms with Crippen molar-refractivity contribution in [1.29, 1.82) is 0 Å². The molecule has 2 amide bonds. The van der Waals surface area contributed by atoms with Gasteiger partial charge in [0.2, 0.25) is 11.8 Å². The normalized spacial score (nSPS) is 24.8. The van der Waals surface area contributed by atoms with Gasteiger partial charge in [-0.15, -0.1) is 0 Å². The molecule has 25 heavy (non-hydrogen) atoms. The van der Waals surface area contributed by atoms with Gasteiger partial charge in [-0.25, -0.2) is 0 Å². The summed E-state index contributed by atoms with van der Waals surface area (Å²) in [5, 5.41) is 3.92. The van der Waals surface area contributed by atoms with Gasteiger partial charge in [-0.3, -0.25) is 24.3 Å². The highest BCUT2D eigenvalue weighted by atomic mass is 16.5. The minimum absolute atomic E-state index is 0.0199. The molecule has 1 aromatic rings. The van der Waals surface area contributed by atoms with E-state index in [1.165, 1.54) is 4.90 Å². The smallest absolute Gasteiger partial charge is 0.237 e. The molecule has 0 radical (unpaired) electrons. The molecule has 2 saturated heterocycles. The van der Waals surface area contributed by atoms with E-state index in [4.69, 9.17) is 4.52 Å². The van der Waals surface area contributed by atoms with Crippen molar-refractivity contribution in [3.63, 3.8) is 0 Å². The highest BCUT2D eigenvalue weighted by molar-refractivity contribution is 6.06. The lowest BCUT2D eigenvalue weighted by atomic mass is 9.85. The van der Waals surface area contributed by atoms with Crippen molar-refractivity contribution in [2.24, 2.45) is 5.41 Å². The lowest BCUT2D eigenvalue weighted by Gasteiger charge is -2.36. The number of hydrogen-bond donors (Lipinski definition) is 0. The van der Waals surface area contributed by atoms with E-state index >= 15 is 0 Å². The second-order valence-electron chi connectivity index (χ2n) is 7.76. The predicted molar refractivity (Wildman–Crippen MR) is 90.3 cm³/mol. The summed E-state index contributed by atoms with van der Waals surface area (Å²) in [6, 6.07) is 1.97. The van der Waals surface area contributed by atoms with E-state index in [1.807, 2.05) is 13.0 Å². The third kappa shape index (κ3) is 3.22. The predicted octanol–water partition coefficient (Wildman–Crippen LogP) is 1.38. The fraction of sp³-hybridized carbons (Fsp3) is 0.722. The van der Waals surface area contributed by atoms with Crippen LogP contribution in [0, 0.1) is 12.3 Å². The Hall–Kier alpha value is -1.73. The average molecular weight is 346 g/mol. The molecular formula is C18H26N4O3. The Morgan fingerprint density at radius 3 is 2.44 bits per heavy atom. The van der Waals surface area contributed by atoms with Crippen LogP contribution in [-0.2, 0) is 16.1 Å². The number of likely N-dealkylation sites (tertiary alicyclic amines) is 1. The number of aryl methyl sites for hydroxylation is 1. The summed E-state index contributed by atoms with van der Waals surface area (Å²) >= 11 is 0. The zero-order valence-electron chi connectivity index (χ0n) is 14.9. The van der Waals surface area contributed by atoms with Gasteiger partial charge in [-0.05, 0) is 19.8 Å². The van der Waals surface area contributed by atoms with Crippen LogP contribution in [0.25, 0.3) is 0 Å². The minimum atomic E-state index is -0.358. The summed E-state index contributed by atoms with van der Waals surface area (Å²) in [6.45, 7) is 6.66. The Balaban J connectivity index is 1.30. The first-order chi connectivity index (χ1) is 12.1. The van der Waals surface area contributed by atoms with Gasteiger partial charge >= 0.3 is 0 Å². The van der Waals surface area contributed by atoms with Crippen LogP contribution < -0.4 is 0 Å². The van der Waals surface area contributed by atoms with Gasteiger partial charge in [0.25, 0.3) is 0 Å². The second-order valence-corrected chi connectivity index (χ2v) is 7.76. The van der Waals surface area contributed by atoms with Crippen molar-refractivity contribution in [2.45, 2.75) is 45.6 Å². The van der Waals surface area contributed by atoms with E-state index in [-0.39, 0.29) is 17.2 Å². The maximum atomic E-state index is 12.8. The van der Waals surface area contributed by atoms with E-state index in [9.17, 15) is 9.59 Å². The largest absolute Gasteiger partial charge is 0.360 e. The van der Waals surface area contributed by atoms with Gasteiger partial charge in [0.05, 0.1) is 24.3 Å². The molecule has 0 unspecified atom stereocenters. The molecule has 7 heteroatoms. The van der Waals surface area contributed by atoms with Crippen molar-refractivity contribution in [2.75, 3.05) is 32.8 Å². The molecule has 136 valence electrons. The molecule has 0 N–H and O–H groups in total. The second kappa shape index (κ2) is 6.53. The first kappa shape index (κ1) is 16.7. The fourth-order valence-corrected chi connectivity index (χ4v) is 4.45. The molecule has 0 atom stereocenters. The van der Waals surface area contributed by atoms with Crippen molar-refractivity contribution in [3.8, 4) is 0 Å². The molecule has 1 saturated carbocycles.